The van der Waals surface area contributed by atoms with Gasteiger partial charge >= 0.3 is 12.3 Å². The Morgan fingerprint density at radius 2 is 1.74 bits per heavy atom. The first-order valence-electron chi connectivity index (χ1n) is 18.4. The van der Waals surface area contributed by atoms with Crippen LogP contribution in [0, 0.1) is 23.6 Å². The van der Waals surface area contributed by atoms with Crippen LogP contribution in [-0.4, -0.2) is 81.3 Å². The van der Waals surface area contributed by atoms with Crippen LogP contribution in [0.4, 0.5) is 28.0 Å². The number of carbonyl (C=O) groups excluding carboxylic acids is 3. The molecule has 3 aromatic rings. The lowest BCUT2D eigenvalue weighted by molar-refractivity contribution is -0.202. The number of rotatable bonds is 12. The van der Waals surface area contributed by atoms with Crippen LogP contribution in [0.15, 0.2) is 54.7 Å². The van der Waals surface area contributed by atoms with Crippen molar-refractivity contribution >= 4 is 23.6 Å². The zero-order valence-electron chi connectivity index (χ0n) is 29.8. The Labute approximate surface area is 309 Å². The molecule has 7 rings (SSSR count). The molecule has 3 atom stereocenters. The van der Waals surface area contributed by atoms with Crippen molar-refractivity contribution in [2.45, 2.75) is 81.5 Å². The zero-order chi connectivity index (χ0) is 38.2. The number of aliphatic hydroxyl groups excluding tert-OH is 1. The second kappa shape index (κ2) is 15.2. The number of aliphatic hydroxyl groups is 1. The first-order valence-corrected chi connectivity index (χ1v) is 18.4. The highest BCUT2D eigenvalue weighted by Gasteiger charge is 2.49. The number of ether oxygens (including phenoxy) is 2. The van der Waals surface area contributed by atoms with Crippen LogP contribution in [-0.2, 0) is 23.2 Å². The summed E-state index contributed by atoms with van der Waals surface area (Å²) >= 11 is 0. The van der Waals surface area contributed by atoms with Crippen LogP contribution < -0.4 is 20.7 Å². The predicted molar refractivity (Wildman–Crippen MR) is 187 cm³/mol. The Hall–Kier alpha value is -4.70. The van der Waals surface area contributed by atoms with Crippen molar-refractivity contribution < 1.29 is 46.5 Å². The topological polar surface area (TPSA) is 147 Å². The average molecular weight is 757 g/mol. The van der Waals surface area contributed by atoms with E-state index in [0.717, 1.165) is 37.3 Å². The summed E-state index contributed by atoms with van der Waals surface area (Å²) < 4.78 is 69.2. The summed E-state index contributed by atoms with van der Waals surface area (Å²) in [6.07, 6.45) is -2.15. The fourth-order valence-electron chi connectivity index (χ4n) is 7.80. The third-order valence-corrected chi connectivity index (χ3v) is 11.0. The molecular weight excluding hydrogens is 712 g/mol. The summed E-state index contributed by atoms with van der Waals surface area (Å²) in [5.41, 5.74) is 0.143. The summed E-state index contributed by atoms with van der Waals surface area (Å²) in [7, 11) is 1.62. The first-order chi connectivity index (χ1) is 25.8. The first kappa shape index (κ1) is 37.6. The van der Waals surface area contributed by atoms with Gasteiger partial charge in [0.2, 0.25) is 5.91 Å². The molecular formula is C38H44F4N6O6. The van der Waals surface area contributed by atoms with Crippen molar-refractivity contribution in [1.82, 2.24) is 25.3 Å². The molecule has 4 N–H and O–H groups in total. The number of hydrogen-bond acceptors (Lipinski definition) is 8. The Bertz CT molecular complexity index is 1830. The highest BCUT2D eigenvalue weighted by molar-refractivity contribution is 6.01. The zero-order valence-corrected chi connectivity index (χ0v) is 29.8. The molecule has 2 aromatic carbocycles. The van der Waals surface area contributed by atoms with Gasteiger partial charge in [-0.05, 0) is 61.1 Å². The van der Waals surface area contributed by atoms with Crippen molar-refractivity contribution in [1.29, 1.82) is 0 Å². The van der Waals surface area contributed by atoms with Crippen LogP contribution in [0.1, 0.15) is 72.6 Å². The average Bonchev–Trinajstić information content (AvgIpc) is 4.09. The molecule has 1 saturated heterocycles. The van der Waals surface area contributed by atoms with E-state index in [4.69, 9.17) is 9.47 Å². The van der Waals surface area contributed by atoms with E-state index in [1.807, 2.05) is 30.3 Å². The van der Waals surface area contributed by atoms with Crippen molar-refractivity contribution in [3.63, 3.8) is 0 Å². The van der Waals surface area contributed by atoms with E-state index in [1.165, 1.54) is 21.8 Å². The number of fused-ring (bicyclic) bond motifs is 1. The van der Waals surface area contributed by atoms with Crippen LogP contribution in [0.3, 0.4) is 0 Å². The molecule has 2 unspecified atom stereocenters. The number of nitrogens with one attached hydrogen (secondary N) is 3. The molecule has 1 spiro atoms. The minimum Gasteiger partial charge on any atom is -0.487 e. The van der Waals surface area contributed by atoms with Gasteiger partial charge in [-0.15, -0.1) is 0 Å². The Kier molecular flexibility index (Phi) is 10.6. The van der Waals surface area contributed by atoms with E-state index in [-0.39, 0.29) is 66.6 Å². The Balaban J connectivity index is 1.11. The Morgan fingerprint density at radius 3 is 2.35 bits per heavy atom. The van der Waals surface area contributed by atoms with Gasteiger partial charge in [0.1, 0.15) is 35.5 Å². The number of alkyl halides is 3. The number of carbonyl (C=O) groups is 3. The lowest BCUT2D eigenvalue weighted by atomic mass is 9.80. The number of piperidine rings is 1. The van der Waals surface area contributed by atoms with Crippen LogP contribution in [0.2, 0.25) is 0 Å². The summed E-state index contributed by atoms with van der Waals surface area (Å²) in [6, 6.07) is 11.4. The van der Waals surface area contributed by atoms with Crippen molar-refractivity contribution in [3.8, 4) is 5.75 Å². The fourth-order valence-corrected chi connectivity index (χ4v) is 7.80. The van der Waals surface area contributed by atoms with E-state index < -0.39 is 60.2 Å². The smallest absolute Gasteiger partial charge is 0.415 e. The monoisotopic (exact) mass is 756 g/mol. The van der Waals surface area contributed by atoms with Gasteiger partial charge in [0.25, 0.3) is 5.91 Å². The van der Waals surface area contributed by atoms with E-state index in [2.05, 4.69) is 21.0 Å². The molecule has 290 valence electrons. The molecule has 3 fully saturated rings. The number of nitrogens with zero attached hydrogens (tertiary/aromatic N) is 3. The lowest BCUT2D eigenvalue weighted by Gasteiger charge is -2.47. The van der Waals surface area contributed by atoms with Gasteiger partial charge in [-0.2, -0.15) is 18.3 Å². The van der Waals surface area contributed by atoms with Gasteiger partial charge in [-0.25, -0.2) is 9.18 Å². The highest BCUT2D eigenvalue weighted by atomic mass is 19.4. The molecule has 1 aromatic heterocycles. The van der Waals surface area contributed by atoms with Gasteiger partial charge in [0.15, 0.2) is 6.10 Å². The van der Waals surface area contributed by atoms with Crippen molar-refractivity contribution in [2.24, 2.45) is 24.8 Å². The number of aromatic nitrogens is 2. The number of halogens is 4. The van der Waals surface area contributed by atoms with Gasteiger partial charge < -0.3 is 35.4 Å². The van der Waals surface area contributed by atoms with Crippen LogP contribution in [0.5, 0.6) is 5.75 Å². The maximum Gasteiger partial charge on any atom is 0.415 e. The maximum atomic E-state index is 15.9. The normalized spacial score (nSPS) is 20.5. The second-order valence-corrected chi connectivity index (χ2v) is 14.9. The summed E-state index contributed by atoms with van der Waals surface area (Å²) in [6.45, 7) is -0.293. The van der Waals surface area contributed by atoms with Gasteiger partial charge in [-0.3, -0.25) is 14.3 Å². The molecule has 12 nitrogen and oxygen atoms in total. The lowest BCUT2D eigenvalue weighted by Crippen LogP contribution is -2.53. The largest absolute Gasteiger partial charge is 0.487 e. The van der Waals surface area contributed by atoms with Gasteiger partial charge in [-0.1, -0.05) is 30.3 Å². The molecule has 2 aliphatic carbocycles. The number of aryl methyl sites for hydroxylation is 1. The number of likely N-dealkylation sites (tertiary alicyclic amines) is 1. The molecule has 16 heteroatoms. The van der Waals surface area contributed by atoms with Crippen molar-refractivity contribution in [2.75, 3.05) is 25.0 Å². The van der Waals surface area contributed by atoms with Crippen LogP contribution >= 0.6 is 0 Å². The third-order valence-electron chi connectivity index (χ3n) is 11.0. The molecule has 4 aliphatic rings. The van der Waals surface area contributed by atoms with Crippen molar-refractivity contribution in [3.05, 3.63) is 77.4 Å². The van der Waals surface area contributed by atoms with E-state index in [1.54, 1.807) is 13.1 Å². The number of anilines is 1. The molecule has 2 saturated carbocycles. The maximum absolute atomic E-state index is 15.9. The number of amides is 3. The number of benzene rings is 2. The highest BCUT2D eigenvalue weighted by Crippen LogP contribution is 2.51. The summed E-state index contributed by atoms with van der Waals surface area (Å²) in [4.78, 5) is 41.8. The molecule has 3 amide bonds. The number of hydrogen-bond donors (Lipinski definition) is 4. The second-order valence-electron chi connectivity index (χ2n) is 14.9. The van der Waals surface area contributed by atoms with E-state index >= 15 is 4.39 Å². The van der Waals surface area contributed by atoms with Gasteiger partial charge in [0, 0.05) is 69.8 Å². The predicted octanol–water partition coefficient (Wildman–Crippen LogP) is 5.24. The molecule has 0 bridgehead atoms. The van der Waals surface area contributed by atoms with Gasteiger partial charge in [0.05, 0.1) is 5.69 Å². The SMILES string of the molecule is Cn1nccc1C(=O)N[C@H](C(=O)Nc1cc2c(cc1F)C(NCC(O)C(F)(F)F)CC1(CCN(C(=O)OCc3ccccc3)CC1)O2)C(C1CC1)C1CC1. The van der Waals surface area contributed by atoms with E-state index in [0.29, 0.717) is 12.8 Å². The molecule has 3 heterocycles. The molecule has 54 heavy (non-hydrogen) atoms. The minimum atomic E-state index is -4.87. The Morgan fingerprint density at radius 1 is 1.06 bits per heavy atom. The summed E-state index contributed by atoms with van der Waals surface area (Å²) in [5, 5.41) is 22.2. The standard InChI is InChI=1S/C38H44F4N6O6/c1-47-29(11-14-44-47)34(50)46-33(32(23-7-8-23)24-9-10-24)35(51)45-27-18-30-25(17-26(27)39)28(43-20-31(49)38(40,41)42)19-37(54-30)12-15-48(16-13-37)36(52)53-21-22-5-3-2-4-6-22/h2-6,11,14,17-18,23-24,28,31-33,43,49H,7-10,12-13,15-16,19-21H2,1H3,(H,45,51)(H,46,50)/t28?,31?,33-/m0/s1. The summed E-state index contributed by atoms with van der Waals surface area (Å²) in [5.74, 6) is -1.41. The van der Waals surface area contributed by atoms with E-state index in [9.17, 15) is 32.7 Å². The van der Waals surface area contributed by atoms with Crippen LogP contribution in [0.25, 0.3) is 0 Å². The minimum absolute atomic E-state index is 0.0920. The third kappa shape index (κ3) is 8.49. The quantitative estimate of drug-likeness (QED) is 0.184. The molecule has 2 aliphatic heterocycles. The molecule has 0 radical (unpaired) electrons. The fraction of sp³-hybridized carbons (Fsp3) is 0.526.